The molecule has 0 saturated heterocycles. The molecular formula is C26H22IN3O4. The number of anilines is 2. The van der Waals surface area contributed by atoms with Crippen molar-refractivity contribution in [3.05, 3.63) is 87.5 Å². The van der Waals surface area contributed by atoms with Crippen LogP contribution in [0, 0.1) is 14.9 Å². The van der Waals surface area contributed by atoms with E-state index in [0.29, 0.717) is 38.6 Å². The summed E-state index contributed by atoms with van der Waals surface area (Å²) in [6.07, 6.45) is 1.48. The van der Waals surface area contributed by atoms with Gasteiger partial charge < -0.3 is 20.1 Å². The third-order valence-electron chi connectivity index (χ3n) is 4.44. The molecule has 0 unspecified atom stereocenters. The first-order valence-corrected chi connectivity index (χ1v) is 11.5. The van der Waals surface area contributed by atoms with Crippen LogP contribution in [0.4, 0.5) is 11.4 Å². The van der Waals surface area contributed by atoms with E-state index >= 15 is 0 Å². The fourth-order valence-electron chi connectivity index (χ4n) is 2.97. The lowest BCUT2D eigenvalue weighted by Gasteiger charge is -2.15. The van der Waals surface area contributed by atoms with Crippen molar-refractivity contribution >= 4 is 51.9 Å². The first kappa shape index (κ1) is 24.8. The van der Waals surface area contributed by atoms with Crippen molar-refractivity contribution in [2.24, 2.45) is 0 Å². The number of hydrogen-bond acceptors (Lipinski definition) is 5. The molecule has 8 heteroatoms. The zero-order valence-electron chi connectivity index (χ0n) is 18.4. The van der Waals surface area contributed by atoms with Crippen LogP contribution in [0.15, 0.2) is 78.4 Å². The van der Waals surface area contributed by atoms with Crippen LogP contribution in [0.1, 0.15) is 12.5 Å². The molecule has 0 saturated carbocycles. The van der Waals surface area contributed by atoms with Gasteiger partial charge in [-0.1, -0.05) is 36.4 Å². The lowest BCUT2D eigenvalue weighted by atomic mass is 10.1. The van der Waals surface area contributed by atoms with Gasteiger partial charge in [-0.15, -0.1) is 0 Å². The largest absolute Gasteiger partial charge is 0.490 e. The molecule has 0 aliphatic carbocycles. The van der Waals surface area contributed by atoms with Crippen molar-refractivity contribution in [2.75, 3.05) is 23.8 Å². The van der Waals surface area contributed by atoms with Crippen molar-refractivity contribution in [2.45, 2.75) is 6.92 Å². The summed E-state index contributed by atoms with van der Waals surface area (Å²) in [6, 6.07) is 23.4. The number of para-hydroxylation sites is 2. The summed E-state index contributed by atoms with van der Waals surface area (Å²) in [6.45, 7) is 1.99. The Balaban J connectivity index is 1.77. The summed E-state index contributed by atoms with van der Waals surface area (Å²) < 4.78 is 12.1. The smallest absolute Gasteiger partial charge is 0.266 e. The molecule has 0 atom stereocenters. The number of nitrogens with one attached hydrogen (secondary N) is 2. The summed E-state index contributed by atoms with van der Waals surface area (Å²) in [7, 11) is 0. The van der Waals surface area contributed by atoms with Crippen LogP contribution in [0.5, 0.6) is 11.5 Å². The quantitative estimate of drug-likeness (QED) is 0.209. The van der Waals surface area contributed by atoms with Gasteiger partial charge in [-0.2, -0.15) is 5.26 Å². The van der Waals surface area contributed by atoms with E-state index in [0.717, 1.165) is 0 Å². The number of carbonyl (C=O) groups is 2. The highest BCUT2D eigenvalue weighted by Gasteiger charge is 2.16. The van der Waals surface area contributed by atoms with E-state index in [4.69, 9.17) is 9.47 Å². The van der Waals surface area contributed by atoms with Gasteiger partial charge in [0.2, 0.25) is 0 Å². The topological polar surface area (TPSA) is 100 Å². The first-order chi connectivity index (χ1) is 16.5. The molecular weight excluding hydrogens is 545 g/mol. The molecule has 2 N–H and O–H groups in total. The van der Waals surface area contributed by atoms with Crippen LogP contribution in [-0.4, -0.2) is 25.0 Å². The number of nitrogens with zero attached hydrogens (tertiary/aromatic N) is 1. The molecule has 0 aromatic heterocycles. The first-order valence-electron chi connectivity index (χ1n) is 10.4. The summed E-state index contributed by atoms with van der Waals surface area (Å²) >= 11 is 2.07. The predicted molar refractivity (Wildman–Crippen MR) is 140 cm³/mol. The number of hydrogen-bond donors (Lipinski definition) is 2. The maximum absolute atomic E-state index is 12.5. The normalized spacial score (nSPS) is 10.7. The van der Waals surface area contributed by atoms with Crippen LogP contribution < -0.4 is 20.1 Å². The van der Waals surface area contributed by atoms with Crippen molar-refractivity contribution in [3.63, 3.8) is 0 Å². The number of ether oxygens (including phenoxy) is 2. The Bertz CT molecular complexity index is 1220. The summed E-state index contributed by atoms with van der Waals surface area (Å²) in [4.78, 5) is 24.8. The SMILES string of the molecule is CCOc1cc(/C=C(\C#N)C(=O)Nc2ccccc2)cc(I)c1OCC(=O)Nc1ccccc1. The van der Waals surface area contributed by atoms with E-state index in [9.17, 15) is 14.9 Å². The number of carbonyl (C=O) groups excluding carboxylic acids is 2. The Morgan fingerprint density at radius 2 is 1.59 bits per heavy atom. The average molecular weight is 567 g/mol. The highest BCUT2D eigenvalue weighted by atomic mass is 127. The maximum atomic E-state index is 12.5. The predicted octanol–water partition coefficient (Wildman–Crippen LogP) is 5.25. The molecule has 34 heavy (non-hydrogen) atoms. The van der Waals surface area contributed by atoms with E-state index in [1.165, 1.54) is 6.08 Å². The Labute approximate surface area is 211 Å². The maximum Gasteiger partial charge on any atom is 0.266 e. The van der Waals surface area contributed by atoms with Crippen molar-refractivity contribution in [1.82, 2.24) is 0 Å². The van der Waals surface area contributed by atoms with Crippen LogP contribution in [0.2, 0.25) is 0 Å². The van der Waals surface area contributed by atoms with Crippen LogP contribution in [0.25, 0.3) is 6.08 Å². The van der Waals surface area contributed by atoms with Gasteiger partial charge in [-0.05, 0) is 77.6 Å². The van der Waals surface area contributed by atoms with Crippen molar-refractivity contribution in [3.8, 4) is 17.6 Å². The minimum atomic E-state index is -0.514. The molecule has 3 aromatic carbocycles. The van der Waals surface area contributed by atoms with E-state index in [1.807, 2.05) is 37.3 Å². The average Bonchev–Trinajstić information content (AvgIpc) is 2.83. The second-order valence-electron chi connectivity index (χ2n) is 6.96. The Kier molecular flexibility index (Phi) is 9.05. The van der Waals surface area contributed by atoms with E-state index < -0.39 is 5.91 Å². The van der Waals surface area contributed by atoms with Gasteiger partial charge in [0.15, 0.2) is 18.1 Å². The molecule has 172 valence electrons. The zero-order valence-corrected chi connectivity index (χ0v) is 20.5. The fraction of sp³-hybridized carbons (Fsp3) is 0.115. The molecule has 7 nitrogen and oxygen atoms in total. The van der Waals surface area contributed by atoms with Gasteiger partial charge in [0.25, 0.3) is 11.8 Å². The van der Waals surface area contributed by atoms with Crippen LogP contribution in [0.3, 0.4) is 0 Å². The number of benzene rings is 3. The molecule has 0 aliphatic rings. The third-order valence-corrected chi connectivity index (χ3v) is 5.25. The fourth-order valence-corrected chi connectivity index (χ4v) is 3.75. The molecule has 0 heterocycles. The Morgan fingerprint density at radius 1 is 0.971 bits per heavy atom. The van der Waals surface area contributed by atoms with Gasteiger partial charge in [-0.3, -0.25) is 9.59 Å². The van der Waals surface area contributed by atoms with Crippen molar-refractivity contribution < 1.29 is 19.1 Å². The number of amides is 2. The van der Waals surface area contributed by atoms with Gasteiger partial charge >= 0.3 is 0 Å². The molecule has 3 rings (SSSR count). The Morgan fingerprint density at radius 3 is 2.18 bits per heavy atom. The number of rotatable bonds is 9. The molecule has 0 bridgehead atoms. The number of halogens is 1. The minimum Gasteiger partial charge on any atom is -0.490 e. The van der Waals surface area contributed by atoms with Gasteiger partial charge in [0, 0.05) is 11.4 Å². The van der Waals surface area contributed by atoms with Crippen LogP contribution >= 0.6 is 22.6 Å². The van der Waals surface area contributed by atoms with E-state index in [-0.39, 0.29) is 18.1 Å². The molecule has 0 aliphatic heterocycles. The highest BCUT2D eigenvalue weighted by Crippen LogP contribution is 2.35. The molecule has 3 aromatic rings. The van der Waals surface area contributed by atoms with Gasteiger partial charge in [0.05, 0.1) is 10.2 Å². The monoisotopic (exact) mass is 567 g/mol. The summed E-state index contributed by atoms with van der Waals surface area (Å²) in [5, 5.41) is 15.0. The second-order valence-corrected chi connectivity index (χ2v) is 8.12. The van der Waals surface area contributed by atoms with E-state index in [2.05, 4.69) is 33.2 Å². The van der Waals surface area contributed by atoms with E-state index in [1.54, 1.807) is 48.5 Å². The minimum absolute atomic E-state index is 0.0574. The molecule has 2 amide bonds. The third kappa shape index (κ3) is 7.08. The lowest BCUT2D eigenvalue weighted by Crippen LogP contribution is -2.20. The van der Waals surface area contributed by atoms with Gasteiger partial charge in [0.1, 0.15) is 11.6 Å². The molecule has 0 fully saturated rings. The van der Waals surface area contributed by atoms with Gasteiger partial charge in [-0.25, -0.2) is 0 Å². The summed E-state index contributed by atoms with van der Waals surface area (Å²) in [5.41, 5.74) is 1.80. The second kappa shape index (κ2) is 12.4. The molecule has 0 radical (unpaired) electrons. The zero-order chi connectivity index (χ0) is 24.3. The lowest BCUT2D eigenvalue weighted by molar-refractivity contribution is -0.118. The molecule has 0 spiro atoms. The highest BCUT2D eigenvalue weighted by molar-refractivity contribution is 14.1. The van der Waals surface area contributed by atoms with Crippen LogP contribution in [-0.2, 0) is 9.59 Å². The standard InChI is InChI=1S/C26H22IN3O4/c1-2-33-23-15-18(13-19(16-28)26(32)30-21-11-7-4-8-12-21)14-22(27)25(23)34-17-24(31)29-20-9-5-3-6-10-20/h3-15H,2,17H2,1H3,(H,29,31)(H,30,32)/b19-13+. The number of nitriles is 1. The Hall–Kier alpha value is -3.84. The van der Waals surface area contributed by atoms with Crippen molar-refractivity contribution in [1.29, 1.82) is 5.26 Å². The summed E-state index contributed by atoms with van der Waals surface area (Å²) in [5.74, 6) is 0.00123.